The molecule has 11 heavy (non-hydrogen) atoms. The zero-order valence-corrected chi connectivity index (χ0v) is 6.71. The Kier molecular flexibility index (Phi) is 1.87. The van der Waals surface area contributed by atoms with Crippen LogP contribution in [0.1, 0.15) is 25.7 Å². The van der Waals surface area contributed by atoms with Gasteiger partial charge < -0.3 is 15.2 Å². The van der Waals surface area contributed by atoms with Gasteiger partial charge in [0.1, 0.15) is 0 Å². The molecule has 3 heteroatoms. The molecule has 64 valence electrons. The van der Waals surface area contributed by atoms with Gasteiger partial charge in [-0.15, -0.1) is 0 Å². The summed E-state index contributed by atoms with van der Waals surface area (Å²) in [6.45, 7) is 1.58. The predicted octanol–water partition coefficient (Wildman–Crippen LogP) is 0.631. The highest BCUT2D eigenvalue weighted by atomic mass is 16.7. The molecule has 2 heterocycles. The second-order valence-corrected chi connectivity index (χ2v) is 3.36. The highest BCUT2D eigenvalue weighted by Crippen LogP contribution is 2.34. The van der Waals surface area contributed by atoms with Crippen LogP contribution in [-0.4, -0.2) is 25.0 Å². The molecule has 1 spiro atoms. The number of hydrogen-bond donors (Lipinski definition) is 1. The Bertz CT molecular complexity index is 143. The highest BCUT2D eigenvalue weighted by Gasteiger charge is 2.44. The Morgan fingerprint density at radius 1 is 1.18 bits per heavy atom. The summed E-state index contributed by atoms with van der Waals surface area (Å²) in [5.41, 5.74) is 5.89. The summed E-state index contributed by atoms with van der Waals surface area (Å²) < 4.78 is 11.1. The summed E-state index contributed by atoms with van der Waals surface area (Å²) >= 11 is 0. The standard InChI is InChI=1S/C8H15NO2/c9-7-3-6-11-8(7)4-1-2-5-10-8/h7H,1-6,9H2/t7-,8-/m0/s1. The SMILES string of the molecule is N[C@H]1CCO[C@@]12CCCCO2. The molecular formula is C8H15NO2. The van der Waals surface area contributed by atoms with Gasteiger partial charge in [0.25, 0.3) is 0 Å². The van der Waals surface area contributed by atoms with Crippen molar-refractivity contribution >= 4 is 0 Å². The van der Waals surface area contributed by atoms with Gasteiger partial charge in [0.2, 0.25) is 0 Å². The monoisotopic (exact) mass is 157 g/mol. The lowest BCUT2D eigenvalue weighted by atomic mass is 9.99. The molecule has 2 aliphatic heterocycles. The molecule has 0 bridgehead atoms. The number of hydrogen-bond acceptors (Lipinski definition) is 3. The van der Waals surface area contributed by atoms with Gasteiger partial charge in [-0.3, -0.25) is 0 Å². The molecule has 0 amide bonds. The fourth-order valence-electron chi connectivity index (χ4n) is 1.88. The van der Waals surface area contributed by atoms with Crippen molar-refractivity contribution in [2.45, 2.75) is 37.5 Å². The van der Waals surface area contributed by atoms with Crippen LogP contribution in [0.25, 0.3) is 0 Å². The molecule has 3 nitrogen and oxygen atoms in total. The maximum atomic E-state index is 5.89. The summed E-state index contributed by atoms with van der Waals surface area (Å²) in [7, 11) is 0. The molecule has 0 unspecified atom stereocenters. The molecule has 0 saturated carbocycles. The van der Waals surface area contributed by atoms with Crippen LogP contribution in [0, 0.1) is 0 Å². The third-order valence-corrected chi connectivity index (χ3v) is 2.61. The number of nitrogens with two attached hydrogens (primary N) is 1. The first-order valence-electron chi connectivity index (χ1n) is 4.37. The van der Waals surface area contributed by atoms with E-state index in [0.717, 1.165) is 32.5 Å². The Balaban J connectivity index is 2.06. The second kappa shape index (κ2) is 2.73. The first-order chi connectivity index (χ1) is 5.33. The van der Waals surface area contributed by atoms with E-state index in [1.54, 1.807) is 0 Å². The van der Waals surface area contributed by atoms with Crippen LogP contribution < -0.4 is 5.73 Å². The molecule has 2 saturated heterocycles. The molecule has 0 aromatic heterocycles. The Labute approximate surface area is 66.8 Å². The van der Waals surface area contributed by atoms with E-state index < -0.39 is 5.79 Å². The molecule has 0 aliphatic carbocycles. The maximum absolute atomic E-state index is 5.89. The molecule has 0 aromatic rings. The van der Waals surface area contributed by atoms with Crippen molar-refractivity contribution in [3.63, 3.8) is 0 Å². The molecule has 2 aliphatic rings. The minimum absolute atomic E-state index is 0.0998. The molecule has 2 atom stereocenters. The third kappa shape index (κ3) is 1.17. The van der Waals surface area contributed by atoms with Crippen molar-refractivity contribution in [2.75, 3.05) is 13.2 Å². The average Bonchev–Trinajstić information content (AvgIpc) is 2.36. The van der Waals surface area contributed by atoms with E-state index in [9.17, 15) is 0 Å². The molecule has 0 aromatic carbocycles. The summed E-state index contributed by atoms with van der Waals surface area (Å²) in [5, 5.41) is 0. The van der Waals surface area contributed by atoms with Crippen LogP contribution in [0.5, 0.6) is 0 Å². The second-order valence-electron chi connectivity index (χ2n) is 3.36. The summed E-state index contributed by atoms with van der Waals surface area (Å²) in [4.78, 5) is 0. The van der Waals surface area contributed by atoms with Gasteiger partial charge in [-0.25, -0.2) is 0 Å². The van der Waals surface area contributed by atoms with Gasteiger partial charge >= 0.3 is 0 Å². The van der Waals surface area contributed by atoms with Gasteiger partial charge in [-0.1, -0.05) is 0 Å². The van der Waals surface area contributed by atoms with Crippen LogP contribution in [0.15, 0.2) is 0 Å². The molecule has 2 N–H and O–H groups in total. The van der Waals surface area contributed by atoms with Crippen LogP contribution >= 0.6 is 0 Å². The normalized spacial score (nSPS) is 45.0. The smallest absolute Gasteiger partial charge is 0.183 e. The van der Waals surface area contributed by atoms with E-state index in [2.05, 4.69) is 0 Å². The van der Waals surface area contributed by atoms with Crippen molar-refractivity contribution in [3.05, 3.63) is 0 Å². The minimum Gasteiger partial charge on any atom is -0.348 e. The number of rotatable bonds is 0. The van der Waals surface area contributed by atoms with Crippen LogP contribution in [0.3, 0.4) is 0 Å². The molecule has 2 rings (SSSR count). The first-order valence-corrected chi connectivity index (χ1v) is 4.37. The zero-order chi connectivity index (χ0) is 7.73. The third-order valence-electron chi connectivity index (χ3n) is 2.61. The molecule has 2 fully saturated rings. The quantitative estimate of drug-likeness (QED) is 0.561. The van der Waals surface area contributed by atoms with Crippen molar-refractivity contribution in [3.8, 4) is 0 Å². The van der Waals surface area contributed by atoms with Crippen LogP contribution in [0.2, 0.25) is 0 Å². The lowest BCUT2D eigenvalue weighted by molar-refractivity contribution is -0.235. The maximum Gasteiger partial charge on any atom is 0.183 e. The molecule has 0 radical (unpaired) electrons. The lowest BCUT2D eigenvalue weighted by Crippen LogP contribution is -2.49. The summed E-state index contributed by atoms with van der Waals surface area (Å²) in [6.07, 6.45) is 4.26. The van der Waals surface area contributed by atoms with Crippen molar-refractivity contribution in [1.82, 2.24) is 0 Å². The van der Waals surface area contributed by atoms with E-state index in [0.29, 0.717) is 0 Å². The van der Waals surface area contributed by atoms with E-state index in [4.69, 9.17) is 15.2 Å². The van der Waals surface area contributed by atoms with Gasteiger partial charge in [0, 0.05) is 6.42 Å². The van der Waals surface area contributed by atoms with Crippen LogP contribution in [0.4, 0.5) is 0 Å². The fourth-order valence-corrected chi connectivity index (χ4v) is 1.88. The Morgan fingerprint density at radius 2 is 2.00 bits per heavy atom. The van der Waals surface area contributed by atoms with E-state index in [1.165, 1.54) is 6.42 Å². The van der Waals surface area contributed by atoms with Crippen molar-refractivity contribution < 1.29 is 9.47 Å². The van der Waals surface area contributed by atoms with E-state index >= 15 is 0 Å². The van der Waals surface area contributed by atoms with Gasteiger partial charge in [0.05, 0.1) is 19.3 Å². The summed E-state index contributed by atoms with van der Waals surface area (Å²) in [6, 6.07) is 0.0998. The Morgan fingerprint density at radius 3 is 2.55 bits per heavy atom. The zero-order valence-electron chi connectivity index (χ0n) is 6.71. The Hall–Kier alpha value is -0.120. The van der Waals surface area contributed by atoms with E-state index in [1.807, 2.05) is 0 Å². The van der Waals surface area contributed by atoms with Crippen molar-refractivity contribution in [1.29, 1.82) is 0 Å². The lowest BCUT2D eigenvalue weighted by Gasteiger charge is -2.35. The summed E-state index contributed by atoms with van der Waals surface area (Å²) in [5.74, 6) is -0.391. The van der Waals surface area contributed by atoms with Crippen molar-refractivity contribution in [2.24, 2.45) is 5.73 Å². The van der Waals surface area contributed by atoms with E-state index in [-0.39, 0.29) is 6.04 Å². The minimum atomic E-state index is -0.391. The predicted molar refractivity (Wildman–Crippen MR) is 41.1 cm³/mol. The van der Waals surface area contributed by atoms with Gasteiger partial charge in [-0.05, 0) is 19.3 Å². The molecular weight excluding hydrogens is 142 g/mol. The largest absolute Gasteiger partial charge is 0.348 e. The fraction of sp³-hybridized carbons (Fsp3) is 1.00. The average molecular weight is 157 g/mol. The number of ether oxygens (including phenoxy) is 2. The van der Waals surface area contributed by atoms with Crippen LogP contribution in [-0.2, 0) is 9.47 Å². The highest BCUT2D eigenvalue weighted by molar-refractivity contribution is 4.89. The first kappa shape index (κ1) is 7.53. The van der Waals surface area contributed by atoms with Gasteiger partial charge in [-0.2, -0.15) is 0 Å². The van der Waals surface area contributed by atoms with Gasteiger partial charge in [0.15, 0.2) is 5.79 Å². The topological polar surface area (TPSA) is 44.5 Å².